The van der Waals surface area contributed by atoms with Crippen LogP contribution < -0.4 is 19.5 Å². The normalized spacial score (nSPS) is 11.2. The lowest BCUT2D eigenvalue weighted by Crippen LogP contribution is -2.18. The molecule has 31 heavy (non-hydrogen) atoms. The van der Waals surface area contributed by atoms with Gasteiger partial charge in [-0.15, -0.1) is 0 Å². The molecule has 0 radical (unpaired) electrons. The summed E-state index contributed by atoms with van der Waals surface area (Å²) in [5.74, 6) is 2.09. The average molecular weight is 425 g/mol. The second kappa shape index (κ2) is 9.03. The number of aromatic nitrogens is 4. The highest BCUT2D eigenvalue weighted by Crippen LogP contribution is 2.38. The van der Waals surface area contributed by atoms with Gasteiger partial charge >= 0.3 is 0 Å². The third kappa shape index (κ3) is 4.93. The number of rotatable bonds is 7. The predicted molar refractivity (Wildman–Crippen MR) is 116 cm³/mol. The molecular formula is C22H27N5O4. The summed E-state index contributed by atoms with van der Waals surface area (Å²) in [5.41, 5.74) is 1.31. The van der Waals surface area contributed by atoms with E-state index in [9.17, 15) is 4.79 Å². The Morgan fingerprint density at radius 1 is 1.00 bits per heavy atom. The molecule has 0 saturated carbocycles. The number of amides is 1. The summed E-state index contributed by atoms with van der Waals surface area (Å²) in [7, 11) is 4.60. The van der Waals surface area contributed by atoms with Crippen LogP contribution in [0.4, 0.5) is 5.82 Å². The van der Waals surface area contributed by atoms with Gasteiger partial charge in [-0.1, -0.05) is 20.8 Å². The minimum atomic E-state index is -0.230. The fourth-order valence-corrected chi connectivity index (χ4v) is 3.00. The van der Waals surface area contributed by atoms with E-state index in [0.717, 1.165) is 5.69 Å². The molecule has 1 aromatic carbocycles. The van der Waals surface area contributed by atoms with Gasteiger partial charge in [-0.05, 0) is 23.8 Å². The molecule has 1 amide bonds. The van der Waals surface area contributed by atoms with E-state index in [2.05, 4.69) is 20.4 Å². The smallest absolute Gasteiger partial charge is 0.252 e. The van der Waals surface area contributed by atoms with Crippen LogP contribution >= 0.6 is 0 Å². The summed E-state index contributed by atoms with van der Waals surface area (Å²) in [5, 5.41) is 7.53. The Morgan fingerprint density at radius 3 is 2.13 bits per heavy atom. The van der Waals surface area contributed by atoms with Crippen molar-refractivity contribution in [2.24, 2.45) is 0 Å². The molecular weight excluding hydrogens is 398 g/mol. The molecule has 3 aromatic rings. The Bertz CT molecular complexity index is 1030. The maximum atomic E-state index is 12.9. The highest BCUT2D eigenvalue weighted by molar-refractivity contribution is 5.92. The standard InChI is InChI=1S/C22H27N5O4/c1-22(2,3)17-13-18(27(26-17)21-23-8-7-9-24-21)25-19(28)12-14-10-15(29-4)20(31-6)16(11-14)30-5/h7-11,13H,12H2,1-6H3,(H,25,28). The first-order valence-corrected chi connectivity index (χ1v) is 9.73. The van der Waals surface area contributed by atoms with E-state index in [1.807, 2.05) is 26.8 Å². The molecule has 2 aromatic heterocycles. The molecule has 0 fully saturated rings. The van der Waals surface area contributed by atoms with Gasteiger partial charge in [0.2, 0.25) is 11.7 Å². The number of anilines is 1. The Hall–Kier alpha value is -3.62. The SMILES string of the molecule is COc1cc(CC(=O)Nc2cc(C(C)(C)C)nn2-c2ncccn2)cc(OC)c1OC. The number of hydrogen-bond acceptors (Lipinski definition) is 7. The number of benzene rings is 1. The van der Waals surface area contributed by atoms with E-state index in [0.29, 0.717) is 34.6 Å². The molecule has 0 aliphatic carbocycles. The Labute approximate surface area is 181 Å². The van der Waals surface area contributed by atoms with Gasteiger partial charge < -0.3 is 19.5 Å². The minimum absolute atomic E-state index is 0.0996. The molecule has 9 heteroatoms. The number of nitrogens with one attached hydrogen (secondary N) is 1. The number of ether oxygens (including phenoxy) is 3. The molecule has 0 bridgehead atoms. The summed E-state index contributed by atoms with van der Waals surface area (Å²) in [6.45, 7) is 6.15. The second-order valence-electron chi connectivity index (χ2n) is 7.88. The summed E-state index contributed by atoms with van der Waals surface area (Å²) < 4.78 is 17.6. The molecule has 0 atom stereocenters. The van der Waals surface area contributed by atoms with Crippen molar-refractivity contribution >= 4 is 11.7 Å². The van der Waals surface area contributed by atoms with Gasteiger partial charge in [0.25, 0.3) is 5.95 Å². The first-order chi connectivity index (χ1) is 14.8. The van der Waals surface area contributed by atoms with Crippen molar-refractivity contribution in [3.63, 3.8) is 0 Å². The number of nitrogens with zero attached hydrogens (tertiary/aromatic N) is 4. The van der Waals surface area contributed by atoms with Crippen LogP contribution in [-0.2, 0) is 16.6 Å². The summed E-state index contributed by atoms with van der Waals surface area (Å²) in [4.78, 5) is 21.4. The quantitative estimate of drug-likeness (QED) is 0.620. The maximum absolute atomic E-state index is 12.9. The van der Waals surface area contributed by atoms with Crippen molar-refractivity contribution in [2.75, 3.05) is 26.6 Å². The highest BCUT2D eigenvalue weighted by atomic mass is 16.5. The molecule has 0 aliphatic heterocycles. The fraction of sp³-hybridized carbons (Fsp3) is 0.364. The van der Waals surface area contributed by atoms with E-state index >= 15 is 0 Å². The molecule has 1 N–H and O–H groups in total. The summed E-state index contributed by atoms with van der Waals surface area (Å²) in [6.07, 6.45) is 3.35. The second-order valence-corrected chi connectivity index (χ2v) is 7.88. The molecule has 0 saturated heterocycles. The van der Waals surface area contributed by atoms with Crippen LogP contribution in [0, 0.1) is 0 Å². The Kier molecular flexibility index (Phi) is 6.43. The lowest BCUT2D eigenvalue weighted by molar-refractivity contribution is -0.115. The van der Waals surface area contributed by atoms with Gasteiger partial charge in [-0.25, -0.2) is 9.97 Å². The van der Waals surface area contributed by atoms with Crippen molar-refractivity contribution in [1.29, 1.82) is 0 Å². The van der Waals surface area contributed by atoms with Crippen LogP contribution in [0.15, 0.2) is 36.7 Å². The van der Waals surface area contributed by atoms with Gasteiger partial charge in [-0.2, -0.15) is 9.78 Å². The first-order valence-electron chi connectivity index (χ1n) is 9.73. The van der Waals surface area contributed by atoms with Gasteiger partial charge in [-0.3, -0.25) is 4.79 Å². The molecule has 164 valence electrons. The third-order valence-electron chi connectivity index (χ3n) is 4.58. The highest BCUT2D eigenvalue weighted by Gasteiger charge is 2.23. The van der Waals surface area contributed by atoms with Crippen LogP contribution in [0.3, 0.4) is 0 Å². The zero-order valence-corrected chi connectivity index (χ0v) is 18.6. The first kappa shape index (κ1) is 22.1. The van der Waals surface area contributed by atoms with Crippen LogP contribution in [0.5, 0.6) is 17.2 Å². The summed E-state index contributed by atoms with van der Waals surface area (Å²) in [6, 6.07) is 7.06. The number of carbonyl (C=O) groups excluding carboxylic acids is 1. The molecule has 0 unspecified atom stereocenters. The van der Waals surface area contributed by atoms with E-state index < -0.39 is 0 Å². The van der Waals surface area contributed by atoms with E-state index in [1.165, 1.54) is 26.0 Å². The van der Waals surface area contributed by atoms with Crippen LogP contribution in [0.1, 0.15) is 32.0 Å². The van der Waals surface area contributed by atoms with Gasteiger partial charge in [0, 0.05) is 23.9 Å². The van der Waals surface area contributed by atoms with Crippen molar-refractivity contribution < 1.29 is 19.0 Å². The lowest BCUT2D eigenvalue weighted by atomic mass is 9.92. The fourth-order valence-electron chi connectivity index (χ4n) is 3.00. The topological polar surface area (TPSA) is 100 Å². The van der Waals surface area contributed by atoms with E-state index in [-0.39, 0.29) is 17.7 Å². The largest absolute Gasteiger partial charge is 0.493 e. The summed E-state index contributed by atoms with van der Waals surface area (Å²) >= 11 is 0. The maximum Gasteiger partial charge on any atom is 0.252 e. The Balaban J connectivity index is 1.89. The number of carbonyl (C=O) groups is 1. The molecule has 2 heterocycles. The van der Waals surface area contributed by atoms with Gasteiger partial charge in [0.1, 0.15) is 5.82 Å². The van der Waals surface area contributed by atoms with Crippen molar-refractivity contribution in [3.8, 4) is 23.2 Å². The average Bonchev–Trinajstić information content (AvgIpc) is 3.17. The van der Waals surface area contributed by atoms with Crippen LogP contribution in [0.2, 0.25) is 0 Å². The molecule has 9 nitrogen and oxygen atoms in total. The number of hydrogen-bond donors (Lipinski definition) is 1. The zero-order valence-electron chi connectivity index (χ0n) is 18.6. The Morgan fingerprint density at radius 2 is 1.61 bits per heavy atom. The van der Waals surface area contributed by atoms with Crippen LogP contribution in [0.25, 0.3) is 5.95 Å². The van der Waals surface area contributed by atoms with Gasteiger partial charge in [0.15, 0.2) is 11.5 Å². The predicted octanol–water partition coefficient (Wildman–Crippen LogP) is 3.17. The minimum Gasteiger partial charge on any atom is -0.493 e. The molecule has 0 aliphatic rings. The number of methoxy groups -OCH3 is 3. The van der Waals surface area contributed by atoms with Crippen molar-refractivity contribution in [2.45, 2.75) is 32.6 Å². The monoisotopic (exact) mass is 425 g/mol. The lowest BCUT2D eigenvalue weighted by Gasteiger charge is -2.14. The third-order valence-corrected chi connectivity index (χ3v) is 4.58. The molecule has 0 spiro atoms. The van der Waals surface area contributed by atoms with Crippen molar-refractivity contribution in [3.05, 3.63) is 47.9 Å². The van der Waals surface area contributed by atoms with E-state index in [4.69, 9.17) is 14.2 Å². The van der Waals surface area contributed by atoms with Crippen LogP contribution in [-0.4, -0.2) is 47.0 Å². The van der Waals surface area contributed by atoms with E-state index in [1.54, 1.807) is 30.6 Å². The van der Waals surface area contributed by atoms with Crippen molar-refractivity contribution in [1.82, 2.24) is 19.7 Å². The molecule has 3 rings (SSSR count). The van der Waals surface area contributed by atoms with Gasteiger partial charge in [0.05, 0.1) is 33.4 Å². The zero-order chi connectivity index (χ0) is 22.6.